The van der Waals surface area contributed by atoms with Gasteiger partial charge in [-0.2, -0.15) is 0 Å². The lowest BCUT2D eigenvalue weighted by Gasteiger charge is -2.17. The molecule has 1 aromatic carbocycles. The van der Waals surface area contributed by atoms with Gasteiger partial charge in [0.15, 0.2) is 0 Å². The molecule has 0 spiro atoms. The average molecular weight is 246 g/mol. The van der Waals surface area contributed by atoms with Gasteiger partial charge < -0.3 is 10.1 Å². The number of hydrogen-bond donors (Lipinski definition) is 1. The summed E-state index contributed by atoms with van der Waals surface area (Å²) in [6.45, 7) is 8.12. The molecule has 2 atom stereocenters. The number of nitrogens with one attached hydrogen (secondary N) is 1. The largest absolute Gasteiger partial charge is 0.496 e. The van der Waals surface area contributed by atoms with Crippen molar-refractivity contribution in [3.05, 3.63) is 29.3 Å². The lowest BCUT2D eigenvalue weighted by atomic mass is 10.0. The highest BCUT2D eigenvalue weighted by molar-refractivity contribution is 5.36. The summed E-state index contributed by atoms with van der Waals surface area (Å²) in [6.07, 6.45) is 0. The van der Waals surface area contributed by atoms with Gasteiger partial charge in [0.2, 0.25) is 0 Å². The average Bonchev–Trinajstić information content (AvgIpc) is 2.90. The fraction of sp³-hybridized carbons (Fsp3) is 0.600. The van der Waals surface area contributed by atoms with Crippen LogP contribution in [0.3, 0.4) is 0 Å². The Balaban J connectivity index is 1.65. The van der Waals surface area contributed by atoms with Crippen LogP contribution < -0.4 is 10.1 Å². The summed E-state index contributed by atoms with van der Waals surface area (Å²) in [5, 5.41) is 3.49. The van der Waals surface area contributed by atoms with Crippen molar-refractivity contribution in [2.45, 2.75) is 13.5 Å². The molecule has 1 N–H and O–H groups in total. The van der Waals surface area contributed by atoms with Crippen LogP contribution in [0.2, 0.25) is 0 Å². The molecular formula is C15H22N2O. The Morgan fingerprint density at radius 1 is 1.28 bits per heavy atom. The highest BCUT2D eigenvalue weighted by Gasteiger charge is 2.35. The molecule has 3 rings (SSSR count). The molecule has 2 heterocycles. The molecule has 0 aromatic heterocycles. The molecular weight excluding hydrogens is 224 g/mol. The molecule has 3 nitrogen and oxygen atoms in total. The molecule has 2 saturated heterocycles. The van der Waals surface area contributed by atoms with Gasteiger partial charge in [-0.05, 0) is 49.0 Å². The molecule has 1 aromatic rings. The van der Waals surface area contributed by atoms with Crippen LogP contribution >= 0.6 is 0 Å². The summed E-state index contributed by atoms with van der Waals surface area (Å²) >= 11 is 0. The van der Waals surface area contributed by atoms with Crippen molar-refractivity contribution >= 4 is 0 Å². The molecule has 0 amide bonds. The van der Waals surface area contributed by atoms with E-state index in [0.29, 0.717) is 0 Å². The first-order valence-electron chi connectivity index (χ1n) is 6.83. The quantitative estimate of drug-likeness (QED) is 0.878. The first-order valence-corrected chi connectivity index (χ1v) is 6.83. The predicted molar refractivity (Wildman–Crippen MR) is 72.9 cm³/mol. The van der Waals surface area contributed by atoms with Crippen LogP contribution in [0.1, 0.15) is 11.1 Å². The van der Waals surface area contributed by atoms with E-state index in [1.165, 1.54) is 37.3 Å². The van der Waals surface area contributed by atoms with Crippen LogP contribution in [0.25, 0.3) is 0 Å². The molecule has 2 fully saturated rings. The van der Waals surface area contributed by atoms with Gasteiger partial charge in [0.05, 0.1) is 7.11 Å². The maximum absolute atomic E-state index is 5.31. The van der Waals surface area contributed by atoms with Crippen LogP contribution in [0, 0.1) is 18.8 Å². The second-order valence-electron chi connectivity index (χ2n) is 5.68. The summed E-state index contributed by atoms with van der Waals surface area (Å²) < 4.78 is 5.31. The topological polar surface area (TPSA) is 24.5 Å². The summed E-state index contributed by atoms with van der Waals surface area (Å²) in [5.74, 6) is 2.75. The third-order valence-electron chi connectivity index (χ3n) is 4.33. The highest BCUT2D eigenvalue weighted by Crippen LogP contribution is 2.28. The number of ether oxygens (including phenoxy) is 1. The summed E-state index contributed by atoms with van der Waals surface area (Å²) in [4.78, 5) is 2.59. The van der Waals surface area contributed by atoms with Gasteiger partial charge in [0.1, 0.15) is 5.75 Å². The molecule has 3 heteroatoms. The van der Waals surface area contributed by atoms with Crippen LogP contribution in [0.15, 0.2) is 18.2 Å². The lowest BCUT2D eigenvalue weighted by molar-refractivity contribution is 0.305. The Labute approximate surface area is 109 Å². The van der Waals surface area contributed by atoms with Gasteiger partial charge in [-0.3, -0.25) is 4.90 Å². The Kier molecular flexibility index (Phi) is 3.27. The van der Waals surface area contributed by atoms with Gasteiger partial charge in [-0.25, -0.2) is 0 Å². The number of methoxy groups -OCH3 is 1. The van der Waals surface area contributed by atoms with Gasteiger partial charge in [0, 0.05) is 19.6 Å². The zero-order valence-corrected chi connectivity index (χ0v) is 11.3. The Bertz CT molecular complexity index is 421. The number of nitrogens with zero attached hydrogens (tertiary/aromatic N) is 1. The maximum Gasteiger partial charge on any atom is 0.121 e. The van der Waals surface area contributed by atoms with Crippen molar-refractivity contribution in [3.8, 4) is 5.75 Å². The van der Waals surface area contributed by atoms with Crippen LogP contribution in [-0.2, 0) is 6.54 Å². The number of hydrogen-bond acceptors (Lipinski definition) is 3. The van der Waals surface area contributed by atoms with Crippen LogP contribution in [0.5, 0.6) is 5.75 Å². The van der Waals surface area contributed by atoms with Crippen molar-refractivity contribution < 1.29 is 4.74 Å². The summed E-state index contributed by atoms with van der Waals surface area (Å²) in [5.41, 5.74) is 2.64. The third-order valence-corrected chi connectivity index (χ3v) is 4.33. The SMILES string of the molecule is COc1ccc(CN2C[C@H]3CNC[C@H]3C2)cc1C. The molecule has 98 valence electrons. The van der Waals surface area contributed by atoms with E-state index in [4.69, 9.17) is 4.74 Å². The predicted octanol–water partition coefficient (Wildman–Crippen LogP) is 1.65. The molecule has 2 aliphatic heterocycles. The van der Waals surface area contributed by atoms with E-state index in [2.05, 4.69) is 35.3 Å². The number of aryl methyl sites for hydroxylation is 1. The first kappa shape index (κ1) is 12.0. The second-order valence-corrected chi connectivity index (χ2v) is 5.68. The minimum atomic E-state index is 0.879. The molecule has 2 aliphatic rings. The molecule has 18 heavy (non-hydrogen) atoms. The molecule has 0 saturated carbocycles. The summed E-state index contributed by atoms with van der Waals surface area (Å²) in [6, 6.07) is 6.53. The van der Waals surface area contributed by atoms with Gasteiger partial charge in [-0.15, -0.1) is 0 Å². The zero-order chi connectivity index (χ0) is 12.5. The van der Waals surface area contributed by atoms with E-state index in [9.17, 15) is 0 Å². The van der Waals surface area contributed by atoms with Crippen molar-refractivity contribution in [3.63, 3.8) is 0 Å². The highest BCUT2D eigenvalue weighted by atomic mass is 16.5. The van der Waals surface area contributed by atoms with Crippen LogP contribution in [-0.4, -0.2) is 38.2 Å². The van der Waals surface area contributed by atoms with Crippen molar-refractivity contribution in [1.29, 1.82) is 0 Å². The Morgan fingerprint density at radius 2 is 2.00 bits per heavy atom. The normalized spacial score (nSPS) is 27.4. The smallest absolute Gasteiger partial charge is 0.121 e. The van der Waals surface area contributed by atoms with Gasteiger partial charge >= 0.3 is 0 Å². The van der Waals surface area contributed by atoms with E-state index >= 15 is 0 Å². The number of likely N-dealkylation sites (tertiary alicyclic amines) is 1. The van der Waals surface area contributed by atoms with E-state index in [-0.39, 0.29) is 0 Å². The van der Waals surface area contributed by atoms with Crippen LogP contribution in [0.4, 0.5) is 0 Å². The maximum atomic E-state index is 5.31. The van der Waals surface area contributed by atoms with E-state index in [0.717, 1.165) is 24.1 Å². The molecule has 0 bridgehead atoms. The first-order chi connectivity index (χ1) is 8.76. The summed E-state index contributed by atoms with van der Waals surface area (Å²) in [7, 11) is 1.73. The van der Waals surface area contributed by atoms with Crippen molar-refractivity contribution in [2.24, 2.45) is 11.8 Å². The van der Waals surface area contributed by atoms with Crippen molar-refractivity contribution in [1.82, 2.24) is 10.2 Å². The number of benzene rings is 1. The van der Waals surface area contributed by atoms with E-state index in [1.54, 1.807) is 7.11 Å². The molecule has 0 unspecified atom stereocenters. The van der Waals surface area contributed by atoms with E-state index < -0.39 is 0 Å². The van der Waals surface area contributed by atoms with Crippen molar-refractivity contribution in [2.75, 3.05) is 33.3 Å². The minimum absolute atomic E-state index is 0.879. The van der Waals surface area contributed by atoms with E-state index in [1.807, 2.05) is 0 Å². The fourth-order valence-corrected chi connectivity index (χ4v) is 3.38. The Morgan fingerprint density at radius 3 is 2.61 bits per heavy atom. The zero-order valence-electron chi connectivity index (χ0n) is 11.3. The second kappa shape index (κ2) is 4.90. The monoisotopic (exact) mass is 246 g/mol. The Hall–Kier alpha value is -1.06. The molecule has 0 aliphatic carbocycles. The lowest BCUT2D eigenvalue weighted by Crippen LogP contribution is -2.25. The standard InChI is InChI=1S/C15H22N2O/c1-11-5-12(3-4-15(11)18-2)8-17-9-13-6-16-7-14(13)10-17/h3-5,13-14,16H,6-10H2,1-2H3/t13-,14+. The fourth-order valence-electron chi connectivity index (χ4n) is 3.38. The van der Waals surface area contributed by atoms with Gasteiger partial charge in [-0.1, -0.05) is 12.1 Å². The third kappa shape index (κ3) is 2.25. The molecule has 0 radical (unpaired) electrons. The minimum Gasteiger partial charge on any atom is -0.496 e. The van der Waals surface area contributed by atoms with Gasteiger partial charge in [0.25, 0.3) is 0 Å². The number of rotatable bonds is 3. The number of fused-ring (bicyclic) bond motifs is 1.